The van der Waals surface area contributed by atoms with Gasteiger partial charge < -0.3 is 16.8 Å². The molecule has 0 aliphatic carbocycles. The summed E-state index contributed by atoms with van der Waals surface area (Å²) in [6.45, 7) is 1.88. The van der Waals surface area contributed by atoms with Crippen LogP contribution in [-0.4, -0.2) is 27.0 Å². The third-order valence-corrected chi connectivity index (χ3v) is 3.60. The molecule has 8 nitrogen and oxygen atoms in total. The first-order valence-electron chi connectivity index (χ1n) is 7.32. The summed E-state index contributed by atoms with van der Waals surface area (Å²) in [5.41, 5.74) is 13.5. The smallest absolute Gasteiger partial charge is 0.255 e. The quantitative estimate of drug-likeness (QED) is 0.426. The van der Waals surface area contributed by atoms with Crippen LogP contribution in [0.1, 0.15) is 28.9 Å². The third kappa shape index (κ3) is 3.17. The lowest BCUT2D eigenvalue weighted by Gasteiger charge is -2.09. The molecule has 24 heavy (non-hydrogen) atoms. The van der Waals surface area contributed by atoms with E-state index in [1.54, 1.807) is 30.6 Å². The number of nitrogens with zero attached hydrogens (tertiary/aromatic N) is 3. The van der Waals surface area contributed by atoms with E-state index < -0.39 is 0 Å². The number of guanidine groups is 1. The van der Waals surface area contributed by atoms with Gasteiger partial charge in [-0.25, -0.2) is 9.98 Å². The lowest BCUT2D eigenvalue weighted by atomic mass is 10.1. The first kappa shape index (κ1) is 15.5. The Labute approximate surface area is 138 Å². The molecule has 122 valence electrons. The summed E-state index contributed by atoms with van der Waals surface area (Å²) in [4.78, 5) is 20.6. The van der Waals surface area contributed by atoms with Crippen molar-refractivity contribution in [1.29, 1.82) is 0 Å². The summed E-state index contributed by atoms with van der Waals surface area (Å²) in [7, 11) is 0. The minimum atomic E-state index is -0.218. The van der Waals surface area contributed by atoms with Crippen molar-refractivity contribution in [3.8, 4) is 0 Å². The number of aliphatic imine (C=N–C) groups is 1. The highest BCUT2D eigenvalue weighted by molar-refractivity contribution is 6.08. The summed E-state index contributed by atoms with van der Waals surface area (Å²) in [6, 6.07) is 8.68. The van der Waals surface area contributed by atoms with Crippen LogP contribution in [0.25, 0.3) is 11.0 Å². The zero-order chi connectivity index (χ0) is 17.1. The highest BCUT2D eigenvalue weighted by Crippen LogP contribution is 2.21. The maximum atomic E-state index is 12.4. The SMILES string of the molecule is CC(N=C(N)N)c1ccc(C(=O)Nc2ccnc3[nH]ncc23)cc1. The number of pyridine rings is 1. The van der Waals surface area contributed by atoms with Gasteiger partial charge in [-0.05, 0) is 30.7 Å². The van der Waals surface area contributed by atoms with Gasteiger partial charge in [0, 0.05) is 11.8 Å². The molecule has 0 spiro atoms. The molecular formula is C16H17N7O. The number of amides is 1. The Hall–Kier alpha value is -3.42. The van der Waals surface area contributed by atoms with Gasteiger partial charge in [0.25, 0.3) is 5.91 Å². The number of fused-ring (bicyclic) bond motifs is 1. The molecule has 6 N–H and O–H groups in total. The topological polar surface area (TPSA) is 135 Å². The Balaban J connectivity index is 1.78. The van der Waals surface area contributed by atoms with Crippen molar-refractivity contribution in [3.63, 3.8) is 0 Å². The van der Waals surface area contributed by atoms with Crippen molar-refractivity contribution in [2.75, 3.05) is 5.32 Å². The predicted molar refractivity (Wildman–Crippen MR) is 92.5 cm³/mol. The van der Waals surface area contributed by atoms with E-state index in [9.17, 15) is 4.79 Å². The van der Waals surface area contributed by atoms with Crippen LogP contribution in [0, 0.1) is 0 Å². The number of aromatic amines is 1. The van der Waals surface area contributed by atoms with E-state index in [2.05, 4.69) is 25.5 Å². The summed E-state index contributed by atoms with van der Waals surface area (Å²) in [5, 5.41) is 10.3. The fourth-order valence-electron chi connectivity index (χ4n) is 2.37. The fourth-order valence-corrected chi connectivity index (χ4v) is 2.37. The van der Waals surface area contributed by atoms with Crippen LogP contribution < -0.4 is 16.8 Å². The van der Waals surface area contributed by atoms with Crippen LogP contribution in [0.15, 0.2) is 47.7 Å². The van der Waals surface area contributed by atoms with E-state index in [1.807, 2.05) is 19.1 Å². The number of aromatic nitrogens is 3. The van der Waals surface area contributed by atoms with Crippen molar-refractivity contribution < 1.29 is 4.79 Å². The highest BCUT2D eigenvalue weighted by Gasteiger charge is 2.11. The van der Waals surface area contributed by atoms with Crippen molar-refractivity contribution in [2.45, 2.75) is 13.0 Å². The standard InChI is InChI=1S/C16H17N7O/c1-9(21-16(17)18)10-2-4-11(5-3-10)15(24)22-13-6-7-19-14-12(13)8-20-23-14/h2-9H,1H3,(H4,17,18,21)(H2,19,20,22,23,24). The Kier molecular flexibility index (Phi) is 4.11. The van der Waals surface area contributed by atoms with Crippen LogP contribution in [0.3, 0.4) is 0 Å². The van der Waals surface area contributed by atoms with E-state index in [4.69, 9.17) is 11.5 Å². The Bertz CT molecular complexity index is 894. The van der Waals surface area contributed by atoms with E-state index in [-0.39, 0.29) is 17.9 Å². The van der Waals surface area contributed by atoms with Gasteiger partial charge >= 0.3 is 0 Å². The number of benzene rings is 1. The zero-order valence-electron chi connectivity index (χ0n) is 13.0. The molecule has 2 heterocycles. The Morgan fingerprint density at radius 1 is 1.25 bits per heavy atom. The van der Waals surface area contributed by atoms with Crippen LogP contribution in [0.5, 0.6) is 0 Å². The van der Waals surface area contributed by atoms with Gasteiger partial charge in [-0.1, -0.05) is 12.1 Å². The Morgan fingerprint density at radius 2 is 2.00 bits per heavy atom. The molecule has 0 saturated heterocycles. The second-order valence-electron chi connectivity index (χ2n) is 5.30. The number of rotatable bonds is 4. The average molecular weight is 323 g/mol. The van der Waals surface area contributed by atoms with E-state index in [1.165, 1.54) is 0 Å². The molecule has 1 aromatic carbocycles. The van der Waals surface area contributed by atoms with Crippen molar-refractivity contribution >= 4 is 28.6 Å². The third-order valence-electron chi connectivity index (χ3n) is 3.60. The average Bonchev–Trinajstić information content (AvgIpc) is 3.04. The minimum absolute atomic E-state index is 0.0335. The maximum Gasteiger partial charge on any atom is 0.255 e. The number of nitrogens with two attached hydrogens (primary N) is 2. The van der Waals surface area contributed by atoms with Gasteiger partial charge in [-0.2, -0.15) is 5.10 Å². The summed E-state index contributed by atoms with van der Waals surface area (Å²) < 4.78 is 0. The number of carbonyl (C=O) groups excluding carboxylic acids is 1. The van der Waals surface area contributed by atoms with Crippen LogP contribution in [-0.2, 0) is 0 Å². The number of anilines is 1. The van der Waals surface area contributed by atoms with E-state index >= 15 is 0 Å². The Morgan fingerprint density at radius 3 is 2.71 bits per heavy atom. The molecule has 1 unspecified atom stereocenters. The van der Waals surface area contributed by atoms with Crippen LogP contribution >= 0.6 is 0 Å². The monoisotopic (exact) mass is 323 g/mol. The maximum absolute atomic E-state index is 12.4. The number of hydrogen-bond donors (Lipinski definition) is 4. The zero-order valence-corrected chi connectivity index (χ0v) is 13.0. The van der Waals surface area contributed by atoms with E-state index in [0.717, 1.165) is 10.9 Å². The normalized spacial score (nSPS) is 11.9. The van der Waals surface area contributed by atoms with Crippen molar-refractivity contribution in [2.24, 2.45) is 16.5 Å². The molecule has 1 atom stereocenters. The molecule has 2 aromatic heterocycles. The molecule has 1 amide bonds. The van der Waals surface area contributed by atoms with Gasteiger partial charge in [0.1, 0.15) is 0 Å². The second-order valence-corrected chi connectivity index (χ2v) is 5.30. The second kappa shape index (κ2) is 6.37. The molecule has 0 aliphatic heterocycles. The van der Waals surface area contributed by atoms with Gasteiger partial charge in [0.15, 0.2) is 11.6 Å². The lowest BCUT2D eigenvalue weighted by Crippen LogP contribution is -2.23. The minimum Gasteiger partial charge on any atom is -0.370 e. The van der Waals surface area contributed by atoms with Crippen molar-refractivity contribution in [3.05, 3.63) is 53.9 Å². The predicted octanol–water partition coefficient (Wildman–Crippen LogP) is 1.54. The van der Waals surface area contributed by atoms with Crippen LogP contribution in [0.4, 0.5) is 5.69 Å². The molecular weight excluding hydrogens is 306 g/mol. The van der Waals surface area contributed by atoms with Gasteiger partial charge in [0.05, 0.1) is 23.3 Å². The van der Waals surface area contributed by atoms with Crippen molar-refractivity contribution in [1.82, 2.24) is 15.2 Å². The number of hydrogen-bond acceptors (Lipinski definition) is 4. The van der Waals surface area contributed by atoms with Gasteiger partial charge in [-0.15, -0.1) is 0 Å². The molecule has 0 fully saturated rings. The summed E-state index contributed by atoms with van der Waals surface area (Å²) in [5.74, 6) is -0.184. The summed E-state index contributed by atoms with van der Waals surface area (Å²) >= 11 is 0. The first-order valence-corrected chi connectivity index (χ1v) is 7.32. The molecule has 8 heteroatoms. The summed E-state index contributed by atoms with van der Waals surface area (Å²) in [6.07, 6.45) is 3.23. The molecule has 0 saturated carbocycles. The molecule has 3 aromatic rings. The molecule has 0 aliphatic rings. The largest absolute Gasteiger partial charge is 0.370 e. The number of carbonyl (C=O) groups is 1. The fraction of sp³-hybridized carbons (Fsp3) is 0.125. The lowest BCUT2D eigenvalue weighted by molar-refractivity contribution is 0.102. The highest BCUT2D eigenvalue weighted by atomic mass is 16.1. The number of H-pyrrole nitrogens is 1. The molecule has 0 bridgehead atoms. The molecule has 0 radical (unpaired) electrons. The number of nitrogens with one attached hydrogen (secondary N) is 2. The molecule has 3 rings (SSSR count). The first-order chi connectivity index (χ1) is 11.5. The van der Waals surface area contributed by atoms with E-state index in [0.29, 0.717) is 16.9 Å². The van der Waals surface area contributed by atoms with Crippen LogP contribution in [0.2, 0.25) is 0 Å². The van der Waals surface area contributed by atoms with Gasteiger partial charge in [0.2, 0.25) is 0 Å². The van der Waals surface area contributed by atoms with Gasteiger partial charge in [-0.3, -0.25) is 9.89 Å².